The monoisotopic (exact) mass is 201 g/mol. The zero-order chi connectivity index (χ0) is 10.7. The molecule has 0 spiro atoms. The molecule has 1 unspecified atom stereocenters. The smallest absolute Gasteiger partial charge is 0.145 e. The Morgan fingerprint density at radius 3 is 2.60 bits per heavy atom. The summed E-state index contributed by atoms with van der Waals surface area (Å²) < 4.78 is 0. The fourth-order valence-electron chi connectivity index (χ4n) is 1.85. The van der Waals surface area contributed by atoms with Crippen LogP contribution in [0.1, 0.15) is 30.5 Å². The van der Waals surface area contributed by atoms with Crippen molar-refractivity contribution in [1.29, 1.82) is 0 Å². The largest absolute Gasteiger partial charge is 0.382 e. The maximum Gasteiger partial charge on any atom is 0.145 e. The molecule has 78 valence electrons. The van der Waals surface area contributed by atoms with Crippen LogP contribution in [-0.4, -0.2) is 10.2 Å². The number of benzene rings is 1. The van der Waals surface area contributed by atoms with Gasteiger partial charge in [-0.25, -0.2) is 0 Å². The van der Waals surface area contributed by atoms with Gasteiger partial charge in [-0.05, 0) is 12.0 Å². The van der Waals surface area contributed by atoms with Crippen LogP contribution in [0.4, 0.5) is 5.82 Å². The molecule has 2 aromatic rings. The summed E-state index contributed by atoms with van der Waals surface area (Å²) >= 11 is 0. The van der Waals surface area contributed by atoms with Crippen LogP contribution in [-0.2, 0) is 0 Å². The second-order valence-electron chi connectivity index (χ2n) is 3.62. The fraction of sp³-hybridized carbons (Fsp3) is 0.250. The molecule has 0 amide bonds. The molecule has 0 aliphatic heterocycles. The molecule has 0 radical (unpaired) electrons. The van der Waals surface area contributed by atoms with Crippen LogP contribution in [0.5, 0.6) is 0 Å². The number of anilines is 1. The lowest BCUT2D eigenvalue weighted by molar-refractivity contribution is 0.743. The van der Waals surface area contributed by atoms with Crippen molar-refractivity contribution in [2.24, 2.45) is 0 Å². The van der Waals surface area contributed by atoms with Crippen molar-refractivity contribution in [2.45, 2.75) is 19.3 Å². The molecular weight excluding hydrogens is 186 g/mol. The first-order chi connectivity index (χ1) is 7.31. The zero-order valence-electron chi connectivity index (χ0n) is 8.77. The Morgan fingerprint density at radius 1 is 1.33 bits per heavy atom. The van der Waals surface area contributed by atoms with Gasteiger partial charge in [-0.15, -0.1) is 0 Å². The predicted octanol–water partition coefficient (Wildman–Crippen LogP) is 2.53. The van der Waals surface area contributed by atoms with Crippen molar-refractivity contribution in [3.8, 4) is 0 Å². The van der Waals surface area contributed by atoms with Crippen LogP contribution < -0.4 is 5.73 Å². The number of H-pyrrole nitrogens is 1. The van der Waals surface area contributed by atoms with Gasteiger partial charge in [0.1, 0.15) is 5.82 Å². The lowest BCUT2D eigenvalue weighted by Gasteiger charge is -2.12. The summed E-state index contributed by atoms with van der Waals surface area (Å²) in [5.74, 6) is 0.912. The Bertz CT molecular complexity index is 419. The number of aromatic nitrogens is 2. The second kappa shape index (κ2) is 4.17. The molecule has 15 heavy (non-hydrogen) atoms. The van der Waals surface area contributed by atoms with Gasteiger partial charge in [-0.1, -0.05) is 37.3 Å². The van der Waals surface area contributed by atoms with Crippen LogP contribution in [0.15, 0.2) is 36.4 Å². The Morgan fingerprint density at radius 2 is 2.07 bits per heavy atom. The number of nitrogens with zero attached hydrogens (tertiary/aromatic N) is 1. The van der Waals surface area contributed by atoms with Gasteiger partial charge < -0.3 is 5.73 Å². The summed E-state index contributed by atoms with van der Waals surface area (Å²) in [6, 6.07) is 12.3. The third-order valence-corrected chi connectivity index (χ3v) is 2.60. The van der Waals surface area contributed by atoms with Crippen LogP contribution >= 0.6 is 0 Å². The van der Waals surface area contributed by atoms with E-state index in [9.17, 15) is 0 Å². The lowest BCUT2D eigenvalue weighted by Crippen LogP contribution is -1.99. The molecule has 3 heteroatoms. The van der Waals surface area contributed by atoms with Crippen molar-refractivity contribution in [2.75, 3.05) is 5.73 Å². The minimum atomic E-state index is 0.357. The molecule has 1 heterocycles. The Balaban J connectivity index is 2.33. The summed E-state index contributed by atoms with van der Waals surface area (Å²) in [6.07, 6.45) is 1.03. The van der Waals surface area contributed by atoms with E-state index in [1.54, 1.807) is 0 Å². The van der Waals surface area contributed by atoms with Crippen molar-refractivity contribution < 1.29 is 0 Å². The van der Waals surface area contributed by atoms with E-state index in [0.29, 0.717) is 11.7 Å². The highest BCUT2D eigenvalue weighted by Gasteiger charge is 2.13. The van der Waals surface area contributed by atoms with Gasteiger partial charge in [-0.3, -0.25) is 5.10 Å². The molecular formula is C12H15N3. The molecule has 1 aromatic carbocycles. The van der Waals surface area contributed by atoms with Gasteiger partial charge >= 0.3 is 0 Å². The first-order valence-corrected chi connectivity index (χ1v) is 5.17. The van der Waals surface area contributed by atoms with Gasteiger partial charge in [0.25, 0.3) is 0 Å². The summed E-state index contributed by atoms with van der Waals surface area (Å²) in [5.41, 5.74) is 7.99. The maximum absolute atomic E-state index is 5.61. The zero-order valence-corrected chi connectivity index (χ0v) is 8.77. The average Bonchev–Trinajstić information content (AvgIpc) is 2.68. The molecule has 0 aliphatic rings. The topological polar surface area (TPSA) is 54.7 Å². The van der Waals surface area contributed by atoms with Gasteiger partial charge in [0.05, 0.1) is 0 Å². The molecule has 1 atom stereocenters. The Labute approximate surface area is 89.3 Å². The summed E-state index contributed by atoms with van der Waals surface area (Å²) in [4.78, 5) is 0. The van der Waals surface area contributed by atoms with E-state index in [0.717, 1.165) is 12.1 Å². The number of nitrogen functional groups attached to an aromatic ring is 1. The maximum atomic E-state index is 5.61. The first kappa shape index (κ1) is 9.77. The van der Waals surface area contributed by atoms with E-state index < -0.39 is 0 Å². The second-order valence-corrected chi connectivity index (χ2v) is 3.62. The number of hydrogen-bond acceptors (Lipinski definition) is 2. The standard InChI is InChI=1S/C12H15N3/c1-2-10(9-6-4-3-5-7-9)11-8-12(13)15-14-11/h3-8,10H,2H2,1H3,(H3,13,14,15). The van der Waals surface area contributed by atoms with Crippen LogP contribution in [0, 0.1) is 0 Å². The van der Waals surface area contributed by atoms with Crippen LogP contribution in [0.25, 0.3) is 0 Å². The molecule has 0 bridgehead atoms. The van der Waals surface area contributed by atoms with Gasteiger partial charge in [0, 0.05) is 17.7 Å². The molecule has 0 saturated carbocycles. The van der Waals surface area contributed by atoms with Gasteiger partial charge in [0.15, 0.2) is 0 Å². The highest BCUT2D eigenvalue weighted by molar-refractivity contribution is 5.35. The number of aromatic amines is 1. The summed E-state index contributed by atoms with van der Waals surface area (Å²) in [6.45, 7) is 2.16. The Kier molecular flexibility index (Phi) is 2.72. The minimum absolute atomic E-state index is 0.357. The van der Waals surface area contributed by atoms with Crippen molar-refractivity contribution in [3.05, 3.63) is 47.7 Å². The van der Waals surface area contributed by atoms with E-state index in [4.69, 9.17) is 5.73 Å². The number of nitrogens with one attached hydrogen (secondary N) is 1. The molecule has 2 rings (SSSR count). The van der Waals surface area contributed by atoms with Crippen LogP contribution in [0.3, 0.4) is 0 Å². The van der Waals surface area contributed by atoms with E-state index in [1.807, 2.05) is 12.1 Å². The predicted molar refractivity (Wildman–Crippen MR) is 61.6 cm³/mol. The van der Waals surface area contributed by atoms with Gasteiger partial charge in [0.2, 0.25) is 0 Å². The fourth-order valence-corrected chi connectivity index (χ4v) is 1.85. The summed E-state index contributed by atoms with van der Waals surface area (Å²) in [5, 5.41) is 6.94. The van der Waals surface area contributed by atoms with Crippen molar-refractivity contribution >= 4 is 5.82 Å². The van der Waals surface area contributed by atoms with Crippen molar-refractivity contribution in [1.82, 2.24) is 10.2 Å². The SMILES string of the molecule is CCC(c1ccccc1)c1cc(N)n[nH]1. The average molecular weight is 201 g/mol. The van der Waals surface area contributed by atoms with Crippen LogP contribution in [0.2, 0.25) is 0 Å². The molecule has 0 fully saturated rings. The van der Waals surface area contributed by atoms with E-state index in [2.05, 4.69) is 41.4 Å². The van der Waals surface area contributed by atoms with E-state index in [1.165, 1.54) is 5.56 Å². The number of rotatable bonds is 3. The summed E-state index contributed by atoms with van der Waals surface area (Å²) in [7, 11) is 0. The normalized spacial score (nSPS) is 12.6. The molecule has 3 N–H and O–H groups in total. The highest BCUT2D eigenvalue weighted by atomic mass is 15.2. The first-order valence-electron chi connectivity index (χ1n) is 5.17. The number of nitrogens with two attached hydrogens (primary N) is 1. The molecule has 1 aromatic heterocycles. The highest BCUT2D eigenvalue weighted by Crippen LogP contribution is 2.26. The molecule has 0 aliphatic carbocycles. The Hall–Kier alpha value is -1.77. The molecule has 3 nitrogen and oxygen atoms in total. The van der Waals surface area contributed by atoms with E-state index in [-0.39, 0.29) is 0 Å². The number of hydrogen-bond donors (Lipinski definition) is 2. The third kappa shape index (κ3) is 2.01. The quantitative estimate of drug-likeness (QED) is 0.801. The third-order valence-electron chi connectivity index (χ3n) is 2.60. The van der Waals surface area contributed by atoms with Gasteiger partial charge in [-0.2, -0.15) is 5.10 Å². The molecule has 0 saturated heterocycles. The van der Waals surface area contributed by atoms with Crippen molar-refractivity contribution in [3.63, 3.8) is 0 Å². The van der Waals surface area contributed by atoms with E-state index >= 15 is 0 Å². The minimum Gasteiger partial charge on any atom is -0.382 e. The lowest BCUT2D eigenvalue weighted by atomic mass is 9.93.